The van der Waals surface area contributed by atoms with Crippen molar-refractivity contribution in [1.29, 1.82) is 0 Å². The van der Waals surface area contributed by atoms with E-state index >= 15 is 0 Å². The lowest BCUT2D eigenvalue weighted by Crippen LogP contribution is -2.28. The number of rotatable bonds is 5. The Morgan fingerprint density at radius 3 is 2.68 bits per heavy atom. The molecule has 1 aliphatic heterocycles. The third-order valence-electron chi connectivity index (χ3n) is 4.44. The van der Waals surface area contributed by atoms with E-state index in [9.17, 15) is 9.59 Å². The summed E-state index contributed by atoms with van der Waals surface area (Å²) in [7, 11) is 1.74. The zero-order chi connectivity index (χ0) is 17.6. The van der Waals surface area contributed by atoms with Crippen LogP contribution in [-0.2, 0) is 4.79 Å². The van der Waals surface area contributed by atoms with Crippen LogP contribution in [0.2, 0.25) is 0 Å². The molecule has 1 unspecified atom stereocenters. The van der Waals surface area contributed by atoms with Crippen LogP contribution in [-0.4, -0.2) is 31.4 Å². The van der Waals surface area contributed by atoms with E-state index in [4.69, 9.17) is 0 Å². The molecular formula is C20H23N3O2. The molecule has 3 rings (SSSR count). The fourth-order valence-electron chi connectivity index (χ4n) is 3.06. The molecule has 1 saturated heterocycles. The molecule has 0 aromatic heterocycles. The first-order valence-corrected chi connectivity index (χ1v) is 8.60. The number of carbonyl (C=O) groups is 2. The number of benzene rings is 2. The maximum absolute atomic E-state index is 12.7. The predicted molar refractivity (Wildman–Crippen MR) is 99.9 cm³/mol. The first-order chi connectivity index (χ1) is 12.1. The largest absolute Gasteiger partial charge is 0.326 e. The topological polar surface area (TPSA) is 61.4 Å². The summed E-state index contributed by atoms with van der Waals surface area (Å²) in [5, 5.41) is 6.21. The molecule has 1 fully saturated rings. The van der Waals surface area contributed by atoms with E-state index in [0.29, 0.717) is 17.7 Å². The number of nitrogens with one attached hydrogen (secondary N) is 2. The second-order valence-corrected chi connectivity index (χ2v) is 6.33. The number of nitrogens with zero attached hydrogens (tertiary/aromatic N) is 1. The van der Waals surface area contributed by atoms with E-state index in [1.807, 2.05) is 30.3 Å². The first kappa shape index (κ1) is 17.2. The zero-order valence-electron chi connectivity index (χ0n) is 14.4. The van der Waals surface area contributed by atoms with Crippen LogP contribution >= 0.6 is 0 Å². The highest BCUT2D eigenvalue weighted by Gasteiger charge is 2.18. The van der Waals surface area contributed by atoms with Gasteiger partial charge >= 0.3 is 0 Å². The summed E-state index contributed by atoms with van der Waals surface area (Å²) >= 11 is 0. The molecule has 130 valence electrons. The average molecular weight is 337 g/mol. The van der Waals surface area contributed by atoms with Gasteiger partial charge in [0.25, 0.3) is 5.91 Å². The first-order valence-electron chi connectivity index (χ1n) is 8.60. The Kier molecular flexibility index (Phi) is 5.46. The van der Waals surface area contributed by atoms with Crippen molar-refractivity contribution in [1.82, 2.24) is 5.32 Å². The maximum atomic E-state index is 12.7. The molecule has 2 aromatic carbocycles. The van der Waals surface area contributed by atoms with E-state index in [1.54, 1.807) is 36.2 Å². The van der Waals surface area contributed by atoms with Crippen LogP contribution in [0.15, 0.2) is 54.6 Å². The van der Waals surface area contributed by atoms with Crippen LogP contribution in [0, 0.1) is 0 Å². The molecule has 2 N–H and O–H groups in total. The Balaban J connectivity index is 1.66. The Hall–Kier alpha value is -2.66. The standard InChI is InChI=1S/C20H23N3O2/c1-23(18-10-3-2-4-11-18)20(25)15-7-5-8-17(13-15)22-19(24)14-16-9-6-12-21-16/h2-5,7-8,10-11,13,16,21H,6,9,12,14H2,1H3,(H,22,24). The van der Waals surface area contributed by atoms with E-state index in [-0.39, 0.29) is 17.9 Å². The molecule has 25 heavy (non-hydrogen) atoms. The van der Waals surface area contributed by atoms with Crippen molar-refractivity contribution in [3.05, 3.63) is 60.2 Å². The van der Waals surface area contributed by atoms with Gasteiger partial charge in [-0.25, -0.2) is 0 Å². The van der Waals surface area contributed by atoms with E-state index in [1.165, 1.54) is 0 Å². The van der Waals surface area contributed by atoms with Gasteiger partial charge in [-0.3, -0.25) is 9.59 Å². The molecular weight excluding hydrogens is 314 g/mol. The lowest BCUT2D eigenvalue weighted by Gasteiger charge is -2.18. The molecule has 2 aromatic rings. The summed E-state index contributed by atoms with van der Waals surface area (Å²) in [6, 6.07) is 16.8. The number of hydrogen-bond donors (Lipinski definition) is 2. The van der Waals surface area contributed by atoms with Gasteiger partial charge in [0.05, 0.1) is 0 Å². The highest BCUT2D eigenvalue weighted by Crippen LogP contribution is 2.18. The molecule has 0 radical (unpaired) electrons. The van der Waals surface area contributed by atoms with Crippen LogP contribution in [0.3, 0.4) is 0 Å². The molecule has 0 spiro atoms. The second kappa shape index (κ2) is 7.94. The minimum absolute atomic E-state index is 0.0274. The smallest absolute Gasteiger partial charge is 0.258 e. The van der Waals surface area contributed by atoms with Crippen molar-refractivity contribution < 1.29 is 9.59 Å². The summed E-state index contributed by atoms with van der Waals surface area (Å²) < 4.78 is 0. The fraction of sp³-hybridized carbons (Fsp3) is 0.300. The molecule has 0 aliphatic carbocycles. The van der Waals surface area contributed by atoms with Gasteiger partial charge in [0.1, 0.15) is 0 Å². The van der Waals surface area contributed by atoms with Gasteiger partial charge in [-0.1, -0.05) is 24.3 Å². The number of anilines is 2. The highest BCUT2D eigenvalue weighted by molar-refractivity contribution is 6.06. The summed E-state index contributed by atoms with van der Waals surface area (Å²) in [6.45, 7) is 0.980. The summed E-state index contributed by atoms with van der Waals surface area (Å²) in [4.78, 5) is 26.4. The fourth-order valence-corrected chi connectivity index (χ4v) is 3.06. The minimum Gasteiger partial charge on any atom is -0.326 e. The molecule has 0 bridgehead atoms. The third-order valence-corrected chi connectivity index (χ3v) is 4.44. The number of carbonyl (C=O) groups excluding carboxylic acids is 2. The van der Waals surface area contributed by atoms with Crippen LogP contribution < -0.4 is 15.5 Å². The maximum Gasteiger partial charge on any atom is 0.258 e. The van der Waals surface area contributed by atoms with Crippen molar-refractivity contribution in [3.63, 3.8) is 0 Å². The minimum atomic E-state index is -0.111. The number of hydrogen-bond acceptors (Lipinski definition) is 3. The molecule has 0 saturated carbocycles. The highest BCUT2D eigenvalue weighted by atomic mass is 16.2. The second-order valence-electron chi connectivity index (χ2n) is 6.33. The van der Waals surface area contributed by atoms with Crippen LogP contribution in [0.5, 0.6) is 0 Å². The van der Waals surface area contributed by atoms with Gasteiger partial charge in [0, 0.05) is 36.4 Å². The van der Waals surface area contributed by atoms with Crippen LogP contribution in [0.1, 0.15) is 29.6 Å². The van der Waals surface area contributed by atoms with Crippen molar-refractivity contribution in [2.24, 2.45) is 0 Å². The average Bonchev–Trinajstić information content (AvgIpc) is 3.14. The van der Waals surface area contributed by atoms with Crippen molar-refractivity contribution in [2.45, 2.75) is 25.3 Å². The number of amides is 2. The number of para-hydroxylation sites is 1. The van der Waals surface area contributed by atoms with Gasteiger partial charge in [-0.15, -0.1) is 0 Å². The Labute approximate surface area is 148 Å². The Morgan fingerprint density at radius 2 is 1.96 bits per heavy atom. The Morgan fingerprint density at radius 1 is 1.16 bits per heavy atom. The van der Waals surface area contributed by atoms with Gasteiger partial charge < -0.3 is 15.5 Å². The molecule has 5 heteroatoms. The quantitative estimate of drug-likeness (QED) is 0.881. The summed E-state index contributed by atoms with van der Waals surface area (Å²) in [5.41, 5.74) is 2.02. The van der Waals surface area contributed by atoms with Crippen LogP contribution in [0.4, 0.5) is 11.4 Å². The van der Waals surface area contributed by atoms with Crippen molar-refractivity contribution in [3.8, 4) is 0 Å². The zero-order valence-corrected chi connectivity index (χ0v) is 14.4. The summed E-state index contributed by atoms with van der Waals surface area (Å²) in [5.74, 6) is -0.139. The lowest BCUT2D eigenvalue weighted by molar-refractivity contribution is -0.116. The van der Waals surface area contributed by atoms with Crippen molar-refractivity contribution in [2.75, 3.05) is 23.8 Å². The van der Waals surface area contributed by atoms with Crippen LogP contribution in [0.25, 0.3) is 0 Å². The van der Waals surface area contributed by atoms with Gasteiger partial charge in [-0.05, 0) is 49.7 Å². The molecule has 1 aliphatic rings. The molecule has 5 nitrogen and oxygen atoms in total. The van der Waals surface area contributed by atoms with E-state index in [0.717, 1.165) is 25.1 Å². The summed E-state index contributed by atoms with van der Waals surface area (Å²) in [6.07, 6.45) is 2.61. The van der Waals surface area contributed by atoms with Gasteiger partial charge in [0.15, 0.2) is 0 Å². The Bertz CT molecular complexity index is 740. The lowest BCUT2D eigenvalue weighted by atomic mass is 10.1. The molecule has 1 heterocycles. The van der Waals surface area contributed by atoms with E-state index in [2.05, 4.69) is 10.6 Å². The third kappa shape index (κ3) is 4.45. The molecule has 2 amide bonds. The van der Waals surface area contributed by atoms with Gasteiger partial charge in [0.2, 0.25) is 5.91 Å². The monoisotopic (exact) mass is 337 g/mol. The normalized spacial score (nSPS) is 16.4. The van der Waals surface area contributed by atoms with E-state index < -0.39 is 0 Å². The molecule has 1 atom stereocenters. The van der Waals surface area contributed by atoms with Crippen molar-refractivity contribution >= 4 is 23.2 Å². The predicted octanol–water partition coefficient (Wildman–Crippen LogP) is 3.04. The van der Waals surface area contributed by atoms with Gasteiger partial charge in [-0.2, -0.15) is 0 Å². The SMILES string of the molecule is CN(C(=O)c1cccc(NC(=O)CC2CCCN2)c1)c1ccccc1.